The quantitative estimate of drug-likeness (QED) is 0.484. The molecule has 0 amide bonds. The summed E-state index contributed by atoms with van der Waals surface area (Å²) < 4.78 is 3.49. The van der Waals surface area contributed by atoms with E-state index in [2.05, 4.69) is 39.2 Å². The number of piperazine rings is 1. The number of aromatic amines is 1. The number of benzene rings is 2. The predicted octanol–water partition coefficient (Wildman–Crippen LogP) is 2.92. The van der Waals surface area contributed by atoms with Crippen LogP contribution in [0.25, 0.3) is 16.5 Å². The van der Waals surface area contributed by atoms with E-state index in [4.69, 9.17) is 0 Å². The van der Waals surface area contributed by atoms with Crippen molar-refractivity contribution in [3.8, 4) is 5.69 Å². The van der Waals surface area contributed by atoms with Crippen LogP contribution in [-0.4, -0.2) is 56.9 Å². The number of nitrogens with zero attached hydrogens (tertiary/aromatic N) is 4. The largest absolute Gasteiger partial charge is 0.317 e. The highest BCUT2D eigenvalue weighted by molar-refractivity contribution is 5.87. The van der Waals surface area contributed by atoms with Gasteiger partial charge in [-0.2, -0.15) is 0 Å². The fraction of sp³-hybridized carbons (Fsp3) is 0.333. The summed E-state index contributed by atoms with van der Waals surface area (Å²) in [6, 6.07) is 20.4. The molecule has 1 saturated heterocycles. The van der Waals surface area contributed by atoms with Gasteiger partial charge >= 0.3 is 0 Å². The van der Waals surface area contributed by atoms with Gasteiger partial charge in [-0.3, -0.25) is 24.5 Å². The lowest BCUT2D eigenvalue weighted by Gasteiger charge is -2.34. The van der Waals surface area contributed by atoms with Crippen LogP contribution in [-0.2, 0) is 13.1 Å². The minimum Gasteiger partial charge on any atom is -0.317 e. The highest BCUT2D eigenvalue weighted by atomic mass is 16.2. The number of nitrogens with one attached hydrogen (secondary N) is 1. The zero-order chi connectivity index (χ0) is 23.7. The molecule has 5 rings (SSSR count). The molecule has 4 aromatic rings. The second kappa shape index (κ2) is 9.44. The van der Waals surface area contributed by atoms with Gasteiger partial charge in [0.25, 0.3) is 11.1 Å². The van der Waals surface area contributed by atoms with Crippen molar-refractivity contribution in [1.82, 2.24) is 24.1 Å². The first-order valence-corrected chi connectivity index (χ1v) is 11.9. The first-order chi connectivity index (χ1) is 16.5. The van der Waals surface area contributed by atoms with E-state index in [0.717, 1.165) is 56.3 Å². The Kier molecular flexibility index (Phi) is 6.22. The lowest BCUT2D eigenvalue weighted by Crippen LogP contribution is -2.47. The summed E-state index contributed by atoms with van der Waals surface area (Å²) in [4.78, 5) is 31.2. The van der Waals surface area contributed by atoms with E-state index in [1.54, 1.807) is 0 Å². The van der Waals surface area contributed by atoms with Gasteiger partial charge in [-0.15, -0.1) is 0 Å². The van der Waals surface area contributed by atoms with Gasteiger partial charge in [0, 0.05) is 56.3 Å². The first kappa shape index (κ1) is 22.4. The van der Waals surface area contributed by atoms with Gasteiger partial charge in [0.2, 0.25) is 0 Å². The molecule has 0 unspecified atom stereocenters. The maximum atomic E-state index is 13.4. The molecule has 2 aromatic carbocycles. The number of H-pyrrole nitrogens is 1. The number of aromatic nitrogens is 3. The normalized spacial score (nSPS) is 15.2. The Bertz CT molecular complexity index is 1390. The molecule has 7 nitrogen and oxygen atoms in total. The van der Waals surface area contributed by atoms with E-state index >= 15 is 0 Å². The van der Waals surface area contributed by atoms with Crippen molar-refractivity contribution in [3.05, 3.63) is 98.3 Å². The van der Waals surface area contributed by atoms with Crippen molar-refractivity contribution in [1.29, 1.82) is 0 Å². The van der Waals surface area contributed by atoms with Crippen LogP contribution < -0.4 is 11.1 Å². The van der Waals surface area contributed by atoms with Crippen LogP contribution in [0.5, 0.6) is 0 Å². The van der Waals surface area contributed by atoms with E-state index in [1.165, 1.54) is 10.2 Å². The molecule has 0 bridgehead atoms. The molecular formula is C27H31N5O2. The van der Waals surface area contributed by atoms with Gasteiger partial charge in [0.05, 0.1) is 17.3 Å². The molecule has 0 radical (unpaired) electrons. The second-order valence-corrected chi connectivity index (χ2v) is 9.09. The number of aryl methyl sites for hydroxylation is 2. The SMILES string of the molecule is Cc1c2c(=O)[nH]n(CCN3CCN(Cc4ccccc4)CC3)c(=O)c2c(C)n1-c1ccccc1. The summed E-state index contributed by atoms with van der Waals surface area (Å²) in [5.41, 5.74) is 3.54. The van der Waals surface area contributed by atoms with E-state index in [-0.39, 0.29) is 11.1 Å². The highest BCUT2D eigenvalue weighted by Gasteiger charge is 2.21. The van der Waals surface area contributed by atoms with E-state index in [9.17, 15) is 9.59 Å². The summed E-state index contributed by atoms with van der Waals surface area (Å²) in [5, 5.41) is 3.83. The average Bonchev–Trinajstić information content (AvgIpc) is 3.13. The zero-order valence-electron chi connectivity index (χ0n) is 19.8. The topological polar surface area (TPSA) is 66.3 Å². The fourth-order valence-corrected chi connectivity index (χ4v) is 5.12. The lowest BCUT2D eigenvalue weighted by molar-refractivity contribution is 0.122. The number of fused-ring (bicyclic) bond motifs is 1. The Morgan fingerprint density at radius 1 is 0.735 bits per heavy atom. The molecule has 34 heavy (non-hydrogen) atoms. The molecule has 2 aromatic heterocycles. The van der Waals surface area contributed by atoms with Gasteiger partial charge in [-0.05, 0) is 31.5 Å². The number of rotatable bonds is 6. The van der Waals surface area contributed by atoms with Gasteiger partial charge in [-0.25, -0.2) is 4.68 Å². The fourth-order valence-electron chi connectivity index (χ4n) is 5.12. The lowest BCUT2D eigenvalue weighted by atomic mass is 10.2. The minimum absolute atomic E-state index is 0.132. The van der Waals surface area contributed by atoms with Crippen molar-refractivity contribution in [2.45, 2.75) is 26.9 Å². The molecule has 176 valence electrons. The highest BCUT2D eigenvalue weighted by Crippen LogP contribution is 2.23. The molecule has 1 aliphatic rings. The molecule has 0 spiro atoms. The van der Waals surface area contributed by atoms with Crippen LogP contribution in [0.3, 0.4) is 0 Å². The Morgan fingerprint density at radius 3 is 2.00 bits per heavy atom. The van der Waals surface area contributed by atoms with Crippen molar-refractivity contribution in [2.24, 2.45) is 0 Å². The summed E-state index contributed by atoms with van der Waals surface area (Å²) >= 11 is 0. The predicted molar refractivity (Wildman–Crippen MR) is 136 cm³/mol. The summed E-state index contributed by atoms with van der Waals surface area (Å²) in [6.07, 6.45) is 0. The van der Waals surface area contributed by atoms with Crippen molar-refractivity contribution >= 4 is 10.8 Å². The van der Waals surface area contributed by atoms with E-state index < -0.39 is 0 Å². The number of para-hydroxylation sites is 1. The maximum Gasteiger partial charge on any atom is 0.274 e. The third kappa shape index (κ3) is 4.24. The molecule has 0 saturated carbocycles. The first-order valence-electron chi connectivity index (χ1n) is 11.9. The monoisotopic (exact) mass is 457 g/mol. The molecule has 3 heterocycles. The smallest absolute Gasteiger partial charge is 0.274 e. The van der Waals surface area contributed by atoms with Crippen LogP contribution in [0, 0.1) is 13.8 Å². The van der Waals surface area contributed by atoms with Crippen LogP contribution >= 0.6 is 0 Å². The summed E-state index contributed by atoms with van der Waals surface area (Å²) in [7, 11) is 0. The molecule has 1 fully saturated rings. The number of hydrogen-bond acceptors (Lipinski definition) is 4. The second-order valence-electron chi connectivity index (χ2n) is 9.09. The average molecular weight is 458 g/mol. The maximum absolute atomic E-state index is 13.4. The molecular weight excluding hydrogens is 426 g/mol. The van der Waals surface area contributed by atoms with E-state index in [0.29, 0.717) is 17.3 Å². The Hall–Kier alpha value is -3.42. The molecule has 0 atom stereocenters. The molecule has 1 N–H and O–H groups in total. The third-order valence-electron chi connectivity index (χ3n) is 6.94. The Labute approximate surface area is 198 Å². The van der Waals surface area contributed by atoms with Crippen molar-refractivity contribution in [3.63, 3.8) is 0 Å². The van der Waals surface area contributed by atoms with Gasteiger partial charge in [0.1, 0.15) is 0 Å². The standard InChI is InChI=1S/C27H31N5O2/c1-20-24-25(21(2)32(20)23-11-7-4-8-12-23)27(34)31(28-26(24)33)18-17-29-13-15-30(16-14-29)19-22-9-5-3-6-10-22/h3-12H,13-19H2,1-2H3,(H,28,33). The Morgan fingerprint density at radius 2 is 1.32 bits per heavy atom. The van der Waals surface area contributed by atoms with Crippen LogP contribution in [0.1, 0.15) is 17.0 Å². The third-order valence-corrected chi connectivity index (χ3v) is 6.94. The zero-order valence-corrected chi connectivity index (χ0v) is 19.8. The van der Waals surface area contributed by atoms with Gasteiger partial charge in [-0.1, -0.05) is 48.5 Å². The van der Waals surface area contributed by atoms with Gasteiger partial charge < -0.3 is 4.57 Å². The van der Waals surface area contributed by atoms with E-state index in [1.807, 2.05) is 54.8 Å². The van der Waals surface area contributed by atoms with Crippen molar-refractivity contribution < 1.29 is 0 Å². The molecule has 0 aliphatic carbocycles. The molecule has 1 aliphatic heterocycles. The van der Waals surface area contributed by atoms with Crippen molar-refractivity contribution in [2.75, 3.05) is 32.7 Å². The number of hydrogen-bond donors (Lipinski definition) is 1. The van der Waals surface area contributed by atoms with Crippen LogP contribution in [0.2, 0.25) is 0 Å². The molecule has 7 heteroatoms. The van der Waals surface area contributed by atoms with Crippen LogP contribution in [0.4, 0.5) is 0 Å². The van der Waals surface area contributed by atoms with Crippen LogP contribution in [0.15, 0.2) is 70.3 Å². The minimum atomic E-state index is -0.211. The summed E-state index contributed by atoms with van der Waals surface area (Å²) in [6.45, 7) is 9.89. The Balaban J connectivity index is 1.31. The van der Waals surface area contributed by atoms with Gasteiger partial charge in [0.15, 0.2) is 0 Å². The summed E-state index contributed by atoms with van der Waals surface area (Å²) in [5.74, 6) is 0.